The molecule has 2 atom stereocenters. The average molecular weight is 250 g/mol. The zero-order valence-electron chi connectivity index (χ0n) is 10.8. The van der Waals surface area contributed by atoms with Crippen molar-refractivity contribution < 1.29 is 9.90 Å². The Kier molecular flexibility index (Phi) is 4.26. The van der Waals surface area contributed by atoms with Crippen LogP contribution < -0.4 is 5.32 Å². The first-order valence-corrected chi connectivity index (χ1v) is 6.80. The van der Waals surface area contributed by atoms with Gasteiger partial charge in [-0.25, -0.2) is 0 Å². The topological polar surface area (TPSA) is 52.6 Å². The van der Waals surface area contributed by atoms with Gasteiger partial charge in [-0.15, -0.1) is 6.42 Å². The summed E-state index contributed by atoms with van der Waals surface area (Å²) >= 11 is 0. The highest BCUT2D eigenvalue weighted by Gasteiger charge is 2.43. The van der Waals surface area contributed by atoms with E-state index in [0.29, 0.717) is 26.2 Å². The Balaban J connectivity index is 1.86. The van der Waals surface area contributed by atoms with E-state index in [0.717, 1.165) is 25.7 Å². The monoisotopic (exact) mass is 250 g/mol. The van der Waals surface area contributed by atoms with Crippen LogP contribution in [0.3, 0.4) is 0 Å². The van der Waals surface area contributed by atoms with Crippen molar-refractivity contribution in [3.8, 4) is 12.3 Å². The number of likely N-dealkylation sites (tertiary alicyclic amines) is 1. The molecule has 2 rings (SSSR count). The highest BCUT2D eigenvalue weighted by molar-refractivity contribution is 5.78. The third-order valence-corrected chi connectivity index (χ3v) is 4.28. The summed E-state index contributed by atoms with van der Waals surface area (Å²) in [5.41, 5.74) is -0.513. The number of nitrogens with one attached hydrogen (secondary N) is 1. The van der Waals surface area contributed by atoms with Gasteiger partial charge in [0, 0.05) is 19.0 Å². The van der Waals surface area contributed by atoms with Crippen LogP contribution in [0.15, 0.2) is 0 Å². The van der Waals surface area contributed by atoms with E-state index in [1.54, 1.807) is 0 Å². The van der Waals surface area contributed by atoms with Gasteiger partial charge in [-0.1, -0.05) is 18.8 Å². The van der Waals surface area contributed by atoms with Crippen molar-refractivity contribution in [3.63, 3.8) is 0 Å². The Morgan fingerprint density at radius 2 is 2.33 bits per heavy atom. The molecule has 1 saturated carbocycles. The standard InChI is InChI=1S/C14H22N2O2/c1-2-8-15-10-13(17)16-9-7-14(18)6-4-3-5-12(14)11-16/h1,12,15,18H,3-11H2. The molecule has 4 nitrogen and oxygen atoms in total. The van der Waals surface area contributed by atoms with E-state index in [2.05, 4.69) is 11.2 Å². The van der Waals surface area contributed by atoms with Gasteiger partial charge < -0.3 is 10.0 Å². The Labute approximate surface area is 109 Å². The Hall–Kier alpha value is -1.05. The van der Waals surface area contributed by atoms with E-state index in [-0.39, 0.29) is 11.8 Å². The van der Waals surface area contributed by atoms with Gasteiger partial charge in [-0.05, 0) is 19.3 Å². The van der Waals surface area contributed by atoms with Crippen LogP contribution in [0.25, 0.3) is 0 Å². The maximum atomic E-state index is 12.0. The molecule has 0 aromatic heterocycles. The van der Waals surface area contributed by atoms with E-state index in [1.807, 2.05) is 4.90 Å². The lowest BCUT2D eigenvalue weighted by Gasteiger charge is -2.47. The number of fused-ring (bicyclic) bond motifs is 1. The predicted octanol–water partition coefficient (Wildman–Crippen LogP) is 0.363. The molecule has 1 heterocycles. The van der Waals surface area contributed by atoms with Gasteiger partial charge in [0.2, 0.25) is 5.91 Å². The molecule has 4 heteroatoms. The molecule has 0 radical (unpaired) electrons. The van der Waals surface area contributed by atoms with E-state index in [4.69, 9.17) is 6.42 Å². The van der Waals surface area contributed by atoms with Crippen LogP contribution in [0.2, 0.25) is 0 Å². The summed E-state index contributed by atoms with van der Waals surface area (Å²) < 4.78 is 0. The lowest BCUT2D eigenvalue weighted by molar-refractivity contribution is -0.142. The highest BCUT2D eigenvalue weighted by Crippen LogP contribution is 2.39. The summed E-state index contributed by atoms with van der Waals surface area (Å²) in [6, 6.07) is 0. The second-order valence-corrected chi connectivity index (χ2v) is 5.44. The zero-order chi connectivity index (χ0) is 13.0. The van der Waals surface area contributed by atoms with Crippen LogP contribution in [-0.4, -0.2) is 47.7 Å². The molecule has 100 valence electrons. The quantitative estimate of drug-likeness (QED) is 0.562. The Morgan fingerprint density at radius 3 is 3.11 bits per heavy atom. The largest absolute Gasteiger partial charge is 0.389 e. The number of nitrogens with zero attached hydrogens (tertiary/aromatic N) is 1. The third kappa shape index (κ3) is 2.85. The molecule has 1 aliphatic carbocycles. The highest BCUT2D eigenvalue weighted by atomic mass is 16.3. The minimum atomic E-state index is -0.513. The van der Waals surface area contributed by atoms with Crippen LogP contribution in [0.1, 0.15) is 32.1 Å². The van der Waals surface area contributed by atoms with E-state index in [1.165, 1.54) is 6.42 Å². The molecule has 1 amide bonds. The normalized spacial score (nSPS) is 31.6. The summed E-state index contributed by atoms with van der Waals surface area (Å²) in [6.07, 6.45) is 10.1. The minimum Gasteiger partial charge on any atom is -0.389 e. The molecule has 0 aromatic carbocycles. The van der Waals surface area contributed by atoms with Gasteiger partial charge in [0.25, 0.3) is 0 Å². The second-order valence-electron chi connectivity index (χ2n) is 5.44. The van der Waals surface area contributed by atoms with E-state index < -0.39 is 5.60 Å². The van der Waals surface area contributed by atoms with Crippen molar-refractivity contribution in [1.29, 1.82) is 0 Å². The van der Waals surface area contributed by atoms with Gasteiger partial charge >= 0.3 is 0 Å². The first kappa shape index (κ1) is 13.4. The fourth-order valence-corrected chi connectivity index (χ4v) is 3.15. The predicted molar refractivity (Wildman–Crippen MR) is 69.8 cm³/mol. The summed E-state index contributed by atoms with van der Waals surface area (Å²) in [6.45, 7) is 2.10. The van der Waals surface area contributed by atoms with Gasteiger partial charge in [-0.2, -0.15) is 0 Å². The molecule has 1 saturated heterocycles. The van der Waals surface area contributed by atoms with Crippen LogP contribution in [-0.2, 0) is 4.79 Å². The second kappa shape index (κ2) is 5.73. The van der Waals surface area contributed by atoms with E-state index in [9.17, 15) is 9.90 Å². The van der Waals surface area contributed by atoms with E-state index >= 15 is 0 Å². The van der Waals surface area contributed by atoms with Gasteiger partial charge in [-0.3, -0.25) is 10.1 Å². The smallest absolute Gasteiger partial charge is 0.236 e. The lowest BCUT2D eigenvalue weighted by Crippen LogP contribution is -2.55. The molecule has 2 aliphatic rings. The molecule has 1 aliphatic heterocycles. The number of hydrogen-bond donors (Lipinski definition) is 2. The number of aliphatic hydroxyl groups is 1. The van der Waals surface area contributed by atoms with Crippen LogP contribution >= 0.6 is 0 Å². The van der Waals surface area contributed by atoms with Crippen molar-refractivity contribution >= 4 is 5.91 Å². The molecule has 2 unspecified atom stereocenters. The molecule has 0 spiro atoms. The molecular weight excluding hydrogens is 228 g/mol. The van der Waals surface area contributed by atoms with Crippen molar-refractivity contribution in [2.75, 3.05) is 26.2 Å². The third-order valence-electron chi connectivity index (χ3n) is 4.28. The molecule has 0 aromatic rings. The molecule has 2 N–H and O–H groups in total. The molecule has 18 heavy (non-hydrogen) atoms. The molecule has 2 fully saturated rings. The number of carbonyl (C=O) groups is 1. The fraction of sp³-hybridized carbons (Fsp3) is 0.786. The Bertz CT molecular complexity index is 350. The number of carbonyl (C=O) groups excluding carboxylic acids is 1. The van der Waals surface area contributed by atoms with Crippen LogP contribution in [0.5, 0.6) is 0 Å². The summed E-state index contributed by atoms with van der Waals surface area (Å²) in [4.78, 5) is 13.8. The van der Waals surface area contributed by atoms with Crippen molar-refractivity contribution in [2.24, 2.45) is 5.92 Å². The van der Waals surface area contributed by atoms with Gasteiger partial charge in [0.1, 0.15) is 0 Å². The first-order valence-electron chi connectivity index (χ1n) is 6.80. The van der Waals surface area contributed by atoms with Crippen molar-refractivity contribution in [3.05, 3.63) is 0 Å². The van der Waals surface area contributed by atoms with Gasteiger partial charge in [0.15, 0.2) is 0 Å². The Morgan fingerprint density at radius 1 is 1.50 bits per heavy atom. The zero-order valence-corrected chi connectivity index (χ0v) is 10.8. The number of amides is 1. The average Bonchev–Trinajstić information content (AvgIpc) is 2.37. The summed E-state index contributed by atoms with van der Waals surface area (Å²) in [7, 11) is 0. The maximum Gasteiger partial charge on any atom is 0.236 e. The van der Waals surface area contributed by atoms with Crippen molar-refractivity contribution in [2.45, 2.75) is 37.7 Å². The first-order chi connectivity index (χ1) is 8.65. The van der Waals surface area contributed by atoms with Crippen molar-refractivity contribution in [1.82, 2.24) is 10.2 Å². The summed E-state index contributed by atoms with van der Waals surface area (Å²) in [5, 5.41) is 13.4. The number of rotatable bonds is 3. The van der Waals surface area contributed by atoms with Gasteiger partial charge in [0.05, 0.1) is 18.7 Å². The van der Waals surface area contributed by atoms with Crippen LogP contribution in [0.4, 0.5) is 0 Å². The molecular formula is C14H22N2O2. The number of piperidine rings is 1. The maximum absolute atomic E-state index is 12.0. The SMILES string of the molecule is C#CCNCC(=O)N1CCC2(O)CCCCC2C1. The van der Waals surface area contributed by atoms with Crippen LogP contribution in [0, 0.1) is 18.3 Å². The lowest BCUT2D eigenvalue weighted by atomic mass is 9.71. The molecule has 0 bridgehead atoms. The fourth-order valence-electron chi connectivity index (χ4n) is 3.15. The summed E-state index contributed by atoms with van der Waals surface area (Å²) in [5.74, 6) is 2.81. The number of hydrogen-bond acceptors (Lipinski definition) is 3. The minimum absolute atomic E-state index is 0.0953. The number of terminal acetylenes is 1.